The Hall–Kier alpha value is -2.96. The molecule has 0 bridgehead atoms. The predicted molar refractivity (Wildman–Crippen MR) is 110 cm³/mol. The molecule has 4 rings (SSSR count). The summed E-state index contributed by atoms with van der Waals surface area (Å²) in [5.41, 5.74) is 5.36. The highest BCUT2D eigenvalue weighted by molar-refractivity contribution is 6.30. The molecule has 1 N–H and O–H groups in total. The highest BCUT2D eigenvalue weighted by Crippen LogP contribution is 2.23. The van der Waals surface area contributed by atoms with Gasteiger partial charge in [0.2, 0.25) is 0 Å². The van der Waals surface area contributed by atoms with Crippen molar-refractivity contribution in [2.45, 2.75) is 20.5 Å². The van der Waals surface area contributed by atoms with Crippen molar-refractivity contribution in [3.63, 3.8) is 0 Å². The van der Waals surface area contributed by atoms with E-state index in [4.69, 9.17) is 11.6 Å². The second-order valence-electron chi connectivity index (χ2n) is 6.82. The summed E-state index contributed by atoms with van der Waals surface area (Å²) in [6, 6.07) is 12.8. The zero-order valence-electron chi connectivity index (χ0n) is 15.8. The van der Waals surface area contributed by atoms with Gasteiger partial charge < -0.3 is 9.67 Å². The number of rotatable bonds is 3. The van der Waals surface area contributed by atoms with Crippen LogP contribution >= 0.6 is 11.6 Å². The van der Waals surface area contributed by atoms with Gasteiger partial charge in [0.1, 0.15) is 5.69 Å². The molecule has 0 atom stereocenters. The summed E-state index contributed by atoms with van der Waals surface area (Å²) >= 11 is 6.08. The van der Waals surface area contributed by atoms with E-state index >= 15 is 0 Å². The number of aliphatic hydroxyl groups excluding tert-OH is 1. The molecule has 0 fully saturated rings. The Morgan fingerprint density at radius 1 is 1.11 bits per heavy atom. The van der Waals surface area contributed by atoms with E-state index in [-0.39, 0.29) is 17.9 Å². The number of hydrogen-bond acceptors (Lipinski definition) is 4. The zero-order chi connectivity index (χ0) is 20.0. The molecule has 2 aromatic heterocycles. The number of aromatic nitrogens is 4. The van der Waals surface area contributed by atoms with E-state index in [0.29, 0.717) is 22.1 Å². The molecule has 4 aromatic rings. The number of aliphatic hydroxyl groups is 1. The Morgan fingerprint density at radius 3 is 2.57 bits per heavy atom. The van der Waals surface area contributed by atoms with Gasteiger partial charge in [-0.15, -0.1) is 0 Å². The third-order valence-electron chi connectivity index (χ3n) is 4.93. The number of fused-ring (bicyclic) bond motifs is 1. The minimum atomic E-state index is -0.240. The third-order valence-corrected chi connectivity index (χ3v) is 5.17. The van der Waals surface area contributed by atoms with Gasteiger partial charge in [-0.2, -0.15) is 5.10 Å². The molecule has 28 heavy (non-hydrogen) atoms. The van der Waals surface area contributed by atoms with Gasteiger partial charge in [-0.05, 0) is 61.4 Å². The van der Waals surface area contributed by atoms with E-state index in [0.717, 1.165) is 22.2 Å². The number of benzene rings is 2. The third kappa shape index (κ3) is 3.00. The molecule has 0 saturated carbocycles. The maximum absolute atomic E-state index is 12.9. The summed E-state index contributed by atoms with van der Waals surface area (Å²) in [6.07, 6.45) is 0. The SMILES string of the molecule is Cc1cc2nc(-c3cc(CO)n(-c4cccc(Cl)c4)n3)c(=O)n(C)c2cc1C. The Kier molecular flexibility index (Phi) is 4.53. The fourth-order valence-corrected chi connectivity index (χ4v) is 3.41. The quantitative estimate of drug-likeness (QED) is 0.576. The first-order valence-electron chi connectivity index (χ1n) is 8.83. The first-order chi connectivity index (χ1) is 13.4. The summed E-state index contributed by atoms with van der Waals surface area (Å²) in [7, 11) is 1.73. The fraction of sp³-hybridized carbons (Fsp3) is 0.190. The van der Waals surface area contributed by atoms with Crippen molar-refractivity contribution in [1.82, 2.24) is 19.3 Å². The van der Waals surface area contributed by atoms with Crippen LogP contribution in [0.3, 0.4) is 0 Å². The zero-order valence-corrected chi connectivity index (χ0v) is 16.5. The van der Waals surface area contributed by atoms with E-state index in [1.165, 1.54) is 0 Å². The highest BCUT2D eigenvalue weighted by Gasteiger charge is 2.17. The molecule has 142 valence electrons. The van der Waals surface area contributed by atoms with E-state index in [1.54, 1.807) is 40.6 Å². The van der Waals surface area contributed by atoms with Crippen LogP contribution in [-0.2, 0) is 13.7 Å². The van der Waals surface area contributed by atoms with Gasteiger partial charge in [0.25, 0.3) is 5.56 Å². The standard InChI is InChI=1S/C21H19ClN4O2/c1-12-7-17-19(8-13(12)2)25(3)21(28)20(23-17)18-10-16(11-27)26(24-18)15-6-4-5-14(22)9-15/h4-10,27H,11H2,1-3H3. The van der Waals surface area contributed by atoms with Gasteiger partial charge in [-0.3, -0.25) is 4.79 Å². The number of aryl methyl sites for hydroxylation is 3. The van der Waals surface area contributed by atoms with Crippen LogP contribution in [0.5, 0.6) is 0 Å². The molecule has 0 spiro atoms. The minimum Gasteiger partial charge on any atom is -0.390 e. The summed E-state index contributed by atoms with van der Waals surface area (Å²) in [6.45, 7) is 3.79. The molecule has 0 aliphatic heterocycles. The highest BCUT2D eigenvalue weighted by atomic mass is 35.5. The average Bonchev–Trinajstić information content (AvgIpc) is 3.10. The van der Waals surface area contributed by atoms with Crippen LogP contribution in [0, 0.1) is 13.8 Å². The Morgan fingerprint density at radius 2 is 1.86 bits per heavy atom. The number of nitrogens with zero attached hydrogens (tertiary/aromatic N) is 4. The van der Waals surface area contributed by atoms with Crippen molar-refractivity contribution >= 4 is 22.6 Å². The van der Waals surface area contributed by atoms with Crippen LogP contribution in [0.1, 0.15) is 16.8 Å². The van der Waals surface area contributed by atoms with Crippen molar-refractivity contribution in [3.8, 4) is 17.1 Å². The molecule has 0 unspecified atom stereocenters. The first kappa shape index (κ1) is 18.4. The summed E-state index contributed by atoms with van der Waals surface area (Å²) in [5, 5.41) is 14.9. The lowest BCUT2D eigenvalue weighted by atomic mass is 10.1. The van der Waals surface area contributed by atoms with E-state index < -0.39 is 0 Å². The summed E-state index contributed by atoms with van der Waals surface area (Å²) in [4.78, 5) is 17.5. The Labute approximate surface area is 166 Å². The lowest BCUT2D eigenvalue weighted by Crippen LogP contribution is -2.21. The lowest BCUT2D eigenvalue weighted by molar-refractivity contribution is 0.273. The van der Waals surface area contributed by atoms with E-state index in [9.17, 15) is 9.90 Å². The van der Waals surface area contributed by atoms with Gasteiger partial charge in [-0.25, -0.2) is 9.67 Å². The largest absolute Gasteiger partial charge is 0.390 e. The van der Waals surface area contributed by atoms with Crippen LogP contribution < -0.4 is 5.56 Å². The van der Waals surface area contributed by atoms with E-state index in [2.05, 4.69) is 10.1 Å². The molecule has 0 aliphatic rings. The molecule has 0 saturated heterocycles. The second kappa shape index (κ2) is 6.89. The maximum atomic E-state index is 12.9. The van der Waals surface area contributed by atoms with Crippen molar-refractivity contribution in [3.05, 3.63) is 74.7 Å². The van der Waals surface area contributed by atoms with Gasteiger partial charge in [0.05, 0.1) is 29.0 Å². The fourth-order valence-electron chi connectivity index (χ4n) is 3.23. The molecule has 6 nitrogen and oxygen atoms in total. The van der Waals surface area contributed by atoms with Crippen molar-refractivity contribution < 1.29 is 5.11 Å². The van der Waals surface area contributed by atoms with Gasteiger partial charge in [0.15, 0.2) is 5.69 Å². The van der Waals surface area contributed by atoms with Crippen molar-refractivity contribution in [2.75, 3.05) is 0 Å². The van der Waals surface area contributed by atoms with Gasteiger partial charge in [0, 0.05) is 12.1 Å². The normalized spacial score (nSPS) is 11.3. The van der Waals surface area contributed by atoms with Crippen LogP contribution in [0.15, 0.2) is 47.3 Å². The minimum absolute atomic E-state index is 0.230. The Balaban J connectivity index is 1.95. The molecule has 7 heteroatoms. The van der Waals surface area contributed by atoms with Crippen molar-refractivity contribution in [1.29, 1.82) is 0 Å². The van der Waals surface area contributed by atoms with Crippen LogP contribution in [0.4, 0.5) is 0 Å². The molecule has 0 amide bonds. The average molecular weight is 395 g/mol. The van der Waals surface area contributed by atoms with Crippen LogP contribution in [0.2, 0.25) is 5.02 Å². The first-order valence-corrected chi connectivity index (χ1v) is 9.21. The van der Waals surface area contributed by atoms with Gasteiger partial charge in [-0.1, -0.05) is 17.7 Å². The number of halogens is 1. The van der Waals surface area contributed by atoms with Crippen molar-refractivity contribution in [2.24, 2.45) is 7.05 Å². The predicted octanol–water partition coefficient (Wildman–Crippen LogP) is 3.55. The molecule has 0 radical (unpaired) electrons. The van der Waals surface area contributed by atoms with Crippen LogP contribution in [0.25, 0.3) is 28.1 Å². The molecule has 0 aliphatic carbocycles. The van der Waals surface area contributed by atoms with E-state index in [1.807, 2.05) is 32.0 Å². The summed E-state index contributed by atoms with van der Waals surface area (Å²) < 4.78 is 3.16. The Bertz CT molecular complexity index is 1270. The van der Waals surface area contributed by atoms with Gasteiger partial charge >= 0.3 is 0 Å². The molecule has 2 heterocycles. The molecular weight excluding hydrogens is 376 g/mol. The molecule has 2 aromatic carbocycles. The summed E-state index contributed by atoms with van der Waals surface area (Å²) in [5.74, 6) is 0. The lowest BCUT2D eigenvalue weighted by Gasteiger charge is -2.09. The number of hydrogen-bond donors (Lipinski definition) is 1. The smallest absolute Gasteiger partial charge is 0.279 e. The van der Waals surface area contributed by atoms with Crippen LogP contribution in [-0.4, -0.2) is 24.4 Å². The second-order valence-corrected chi connectivity index (χ2v) is 7.26. The maximum Gasteiger partial charge on any atom is 0.279 e. The molecular formula is C21H19ClN4O2. The topological polar surface area (TPSA) is 72.9 Å². The monoisotopic (exact) mass is 394 g/mol.